The van der Waals surface area contributed by atoms with Crippen molar-refractivity contribution < 1.29 is 4.79 Å². The molecule has 0 saturated heterocycles. The van der Waals surface area contributed by atoms with E-state index in [1.54, 1.807) is 17.4 Å². The topological polar surface area (TPSA) is 64.9 Å². The number of fused-ring (bicyclic) bond motifs is 1. The Labute approximate surface area is 160 Å². The van der Waals surface area contributed by atoms with Crippen molar-refractivity contribution in [1.82, 2.24) is 5.32 Å². The first kappa shape index (κ1) is 17.9. The molecule has 0 radical (unpaired) electrons. The standard InChI is InChI=1S/C18H16ClN3OS2/c19-14-6-2-1-4-11(14)8-9-16(23)21-18(24)22-17-13(10-20)12-5-3-7-15(12)25-17/h1-2,4,6H,3,5,7-9H2,(H2,21,22,23,24). The minimum atomic E-state index is -0.181. The van der Waals surface area contributed by atoms with Crippen molar-refractivity contribution in [2.45, 2.75) is 32.1 Å². The number of hydrogen-bond acceptors (Lipinski definition) is 4. The van der Waals surface area contributed by atoms with Gasteiger partial charge in [-0.3, -0.25) is 4.79 Å². The average molecular weight is 390 g/mol. The number of carbonyl (C=O) groups is 1. The Bertz CT molecular complexity index is 870. The van der Waals surface area contributed by atoms with Crippen molar-refractivity contribution in [3.63, 3.8) is 0 Å². The van der Waals surface area contributed by atoms with Crippen LogP contribution < -0.4 is 10.6 Å². The molecular formula is C18H16ClN3OS2. The maximum atomic E-state index is 12.1. The number of thiophene rings is 1. The molecule has 1 aliphatic rings. The fourth-order valence-corrected chi connectivity index (χ4v) is 4.64. The van der Waals surface area contributed by atoms with Crippen molar-refractivity contribution in [1.29, 1.82) is 5.26 Å². The fourth-order valence-electron chi connectivity index (χ4n) is 2.88. The van der Waals surface area contributed by atoms with Gasteiger partial charge < -0.3 is 10.6 Å². The van der Waals surface area contributed by atoms with Crippen LogP contribution in [-0.4, -0.2) is 11.0 Å². The van der Waals surface area contributed by atoms with Crippen LogP contribution in [0.4, 0.5) is 5.00 Å². The van der Waals surface area contributed by atoms with E-state index >= 15 is 0 Å². The van der Waals surface area contributed by atoms with Crippen molar-refractivity contribution in [3.8, 4) is 6.07 Å². The van der Waals surface area contributed by atoms with Gasteiger partial charge in [0.15, 0.2) is 5.11 Å². The molecule has 2 aromatic rings. The third-order valence-corrected chi connectivity index (χ3v) is 5.87. The molecule has 1 aliphatic carbocycles. The number of aryl methyl sites for hydroxylation is 2. The third-order valence-electron chi connectivity index (χ3n) is 4.09. The number of rotatable bonds is 4. The number of carbonyl (C=O) groups excluding carboxylic acids is 1. The lowest BCUT2D eigenvalue weighted by Gasteiger charge is -2.09. The van der Waals surface area contributed by atoms with E-state index in [2.05, 4.69) is 16.7 Å². The van der Waals surface area contributed by atoms with Crippen LogP contribution >= 0.6 is 35.2 Å². The van der Waals surface area contributed by atoms with Crippen LogP contribution in [0.1, 0.15) is 34.4 Å². The molecule has 0 atom stereocenters. The molecule has 25 heavy (non-hydrogen) atoms. The number of nitrogens with zero attached hydrogens (tertiary/aromatic N) is 1. The molecule has 0 bridgehead atoms. The molecule has 0 unspecified atom stereocenters. The summed E-state index contributed by atoms with van der Waals surface area (Å²) in [5.41, 5.74) is 2.72. The Morgan fingerprint density at radius 2 is 2.16 bits per heavy atom. The fraction of sp³-hybridized carbons (Fsp3) is 0.278. The number of nitrogens with one attached hydrogen (secondary N) is 2. The van der Waals surface area contributed by atoms with E-state index in [0.717, 1.165) is 35.4 Å². The number of benzene rings is 1. The van der Waals surface area contributed by atoms with E-state index in [0.29, 0.717) is 17.0 Å². The van der Waals surface area contributed by atoms with Gasteiger partial charge in [-0.15, -0.1) is 11.3 Å². The van der Waals surface area contributed by atoms with Crippen LogP contribution in [0, 0.1) is 11.3 Å². The summed E-state index contributed by atoms with van der Waals surface area (Å²) in [7, 11) is 0. The van der Waals surface area contributed by atoms with E-state index in [1.807, 2.05) is 18.2 Å². The number of halogens is 1. The van der Waals surface area contributed by atoms with E-state index in [-0.39, 0.29) is 17.4 Å². The highest BCUT2D eigenvalue weighted by Crippen LogP contribution is 2.38. The van der Waals surface area contributed by atoms with E-state index in [1.165, 1.54) is 4.88 Å². The smallest absolute Gasteiger partial charge is 0.226 e. The second-order valence-electron chi connectivity index (χ2n) is 5.77. The zero-order valence-corrected chi connectivity index (χ0v) is 15.8. The van der Waals surface area contributed by atoms with Gasteiger partial charge >= 0.3 is 0 Å². The Morgan fingerprint density at radius 3 is 2.92 bits per heavy atom. The number of nitriles is 1. The summed E-state index contributed by atoms with van der Waals surface area (Å²) in [4.78, 5) is 13.3. The van der Waals surface area contributed by atoms with Gasteiger partial charge in [0.1, 0.15) is 11.1 Å². The van der Waals surface area contributed by atoms with E-state index in [4.69, 9.17) is 23.8 Å². The highest BCUT2D eigenvalue weighted by Gasteiger charge is 2.22. The normalized spacial score (nSPS) is 12.3. The van der Waals surface area contributed by atoms with Gasteiger partial charge in [-0.25, -0.2) is 0 Å². The van der Waals surface area contributed by atoms with Gasteiger partial charge in [0.25, 0.3) is 0 Å². The first-order valence-electron chi connectivity index (χ1n) is 7.97. The summed E-state index contributed by atoms with van der Waals surface area (Å²) in [5.74, 6) is -0.181. The summed E-state index contributed by atoms with van der Waals surface area (Å²) in [5, 5.41) is 16.7. The number of thiocarbonyl (C=S) groups is 1. The lowest BCUT2D eigenvalue weighted by atomic mass is 10.1. The van der Waals surface area contributed by atoms with Crippen molar-refractivity contribution >= 4 is 51.2 Å². The predicted molar refractivity (Wildman–Crippen MR) is 105 cm³/mol. The number of hydrogen-bond donors (Lipinski definition) is 2. The van der Waals surface area contributed by atoms with Gasteiger partial charge in [-0.2, -0.15) is 5.26 Å². The molecule has 1 aromatic heterocycles. The SMILES string of the molecule is N#Cc1c(NC(=S)NC(=O)CCc2ccccc2Cl)sc2c1CCC2. The van der Waals surface area contributed by atoms with Crippen LogP contribution in [0.15, 0.2) is 24.3 Å². The van der Waals surface area contributed by atoms with Gasteiger partial charge in [0.05, 0.1) is 5.56 Å². The van der Waals surface area contributed by atoms with Crippen molar-refractivity contribution in [3.05, 3.63) is 50.9 Å². The van der Waals surface area contributed by atoms with Gasteiger partial charge in [0, 0.05) is 16.3 Å². The number of amides is 1. The van der Waals surface area contributed by atoms with Gasteiger partial charge in [-0.1, -0.05) is 29.8 Å². The Balaban J connectivity index is 1.55. The highest BCUT2D eigenvalue weighted by atomic mass is 35.5. The first-order valence-corrected chi connectivity index (χ1v) is 9.57. The van der Waals surface area contributed by atoms with Gasteiger partial charge in [-0.05, 0) is 55.1 Å². The zero-order chi connectivity index (χ0) is 17.8. The van der Waals surface area contributed by atoms with Crippen LogP contribution in [0.2, 0.25) is 5.02 Å². The quantitative estimate of drug-likeness (QED) is 0.769. The molecule has 0 saturated carbocycles. The first-order chi connectivity index (χ1) is 12.1. The third kappa shape index (κ3) is 4.18. The second-order valence-corrected chi connectivity index (χ2v) is 7.69. The van der Waals surface area contributed by atoms with E-state index in [9.17, 15) is 10.1 Å². The van der Waals surface area contributed by atoms with Crippen LogP contribution in [0.25, 0.3) is 0 Å². The van der Waals surface area contributed by atoms with Crippen molar-refractivity contribution in [2.75, 3.05) is 5.32 Å². The Hall–Kier alpha value is -1.94. The summed E-state index contributed by atoms with van der Waals surface area (Å²) >= 11 is 12.9. The highest BCUT2D eigenvalue weighted by molar-refractivity contribution is 7.80. The Morgan fingerprint density at radius 1 is 1.36 bits per heavy atom. The van der Waals surface area contributed by atoms with Crippen LogP contribution in [0.3, 0.4) is 0 Å². The molecule has 0 fully saturated rings. The average Bonchev–Trinajstić information content (AvgIpc) is 3.14. The molecule has 128 valence electrons. The van der Waals surface area contributed by atoms with Crippen LogP contribution in [0.5, 0.6) is 0 Å². The zero-order valence-electron chi connectivity index (χ0n) is 13.4. The minimum absolute atomic E-state index is 0.181. The molecule has 1 aromatic carbocycles. The molecule has 4 nitrogen and oxygen atoms in total. The molecule has 1 amide bonds. The lowest BCUT2D eigenvalue weighted by Crippen LogP contribution is -2.34. The predicted octanol–water partition coefficient (Wildman–Crippen LogP) is 4.21. The summed E-state index contributed by atoms with van der Waals surface area (Å²) in [6.07, 6.45) is 3.88. The number of anilines is 1. The minimum Gasteiger partial charge on any atom is -0.323 e. The lowest BCUT2D eigenvalue weighted by molar-refractivity contribution is -0.119. The largest absolute Gasteiger partial charge is 0.323 e. The maximum absolute atomic E-state index is 12.1. The molecule has 0 aliphatic heterocycles. The molecule has 1 heterocycles. The summed E-state index contributed by atoms with van der Waals surface area (Å²) in [6, 6.07) is 9.71. The summed E-state index contributed by atoms with van der Waals surface area (Å²) in [6.45, 7) is 0. The second kappa shape index (κ2) is 7.96. The van der Waals surface area contributed by atoms with Gasteiger partial charge in [0.2, 0.25) is 5.91 Å². The summed E-state index contributed by atoms with van der Waals surface area (Å²) < 4.78 is 0. The monoisotopic (exact) mass is 389 g/mol. The molecule has 0 spiro atoms. The van der Waals surface area contributed by atoms with Crippen LogP contribution in [-0.2, 0) is 24.1 Å². The molecule has 7 heteroatoms. The maximum Gasteiger partial charge on any atom is 0.226 e. The van der Waals surface area contributed by atoms with E-state index < -0.39 is 0 Å². The molecular weight excluding hydrogens is 374 g/mol. The van der Waals surface area contributed by atoms with Crippen molar-refractivity contribution in [2.24, 2.45) is 0 Å². The Kier molecular flexibility index (Phi) is 5.69. The molecule has 2 N–H and O–H groups in total. The molecule has 3 rings (SSSR count).